The van der Waals surface area contributed by atoms with E-state index in [9.17, 15) is 8.42 Å². The van der Waals surface area contributed by atoms with Gasteiger partial charge >= 0.3 is 0 Å². The van der Waals surface area contributed by atoms with E-state index in [0.29, 0.717) is 22.5 Å². The van der Waals surface area contributed by atoms with Gasteiger partial charge in [-0.3, -0.25) is 4.72 Å². The summed E-state index contributed by atoms with van der Waals surface area (Å²) in [4.78, 5) is 0. The minimum absolute atomic E-state index is 0.141. The van der Waals surface area contributed by atoms with Crippen molar-refractivity contribution in [3.05, 3.63) is 59.7 Å². The fourth-order valence-corrected chi connectivity index (χ4v) is 2.97. The molecule has 2 rings (SSSR count). The first kappa shape index (κ1) is 14.0. The Labute approximate surface area is 118 Å². The van der Waals surface area contributed by atoms with Gasteiger partial charge in [0, 0.05) is 16.9 Å². The van der Waals surface area contributed by atoms with Crippen LogP contribution in [0.25, 0.3) is 0 Å². The molecule has 3 N–H and O–H groups in total. The lowest BCUT2D eigenvalue weighted by Crippen LogP contribution is -2.15. The van der Waals surface area contributed by atoms with E-state index in [1.54, 1.807) is 48.5 Å². The van der Waals surface area contributed by atoms with Crippen LogP contribution >= 0.6 is 0 Å². The Morgan fingerprint density at radius 3 is 2.60 bits per heavy atom. The highest BCUT2D eigenvalue weighted by Gasteiger charge is 2.12. The summed E-state index contributed by atoms with van der Waals surface area (Å²) in [6, 6.07) is 13.5. The molecule has 0 bridgehead atoms. The third kappa shape index (κ3) is 3.77. The molecule has 5 heteroatoms. The summed E-state index contributed by atoms with van der Waals surface area (Å²) in [5.74, 6) is 2.32. The predicted octanol–water partition coefficient (Wildman–Crippen LogP) is 2.19. The Hall–Kier alpha value is -2.45. The first-order valence-electron chi connectivity index (χ1n) is 5.90. The van der Waals surface area contributed by atoms with E-state index in [1.807, 2.05) is 0 Å². The highest BCUT2D eigenvalue weighted by molar-refractivity contribution is 7.91. The van der Waals surface area contributed by atoms with Crippen LogP contribution < -0.4 is 10.5 Å². The minimum atomic E-state index is -3.50. The maximum Gasteiger partial charge on any atom is 0.236 e. The van der Waals surface area contributed by atoms with Crippen LogP contribution in [0.3, 0.4) is 0 Å². The lowest BCUT2D eigenvalue weighted by atomic mass is 10.2. The largest absolute Gasteiger partial charge is 0.399 e. The molecule has 0 atom stereocenters. The molecule has 2 aromatic carbocycles. The van der Waals surface area contributed by atoms with Crippen molar-refractivity contribution in [2.45, 2.75) is 5.75 Å². The van der Waals surface area contributed by atoms with Crippen LogP contribution in [0.15, 0.2) is 48.5 Å². The van der Waals surface area contributed by atoms with Gasteiger partial charge in [0.2, 0.25) is 10.0 Å². The standard InChI is InChI=1S/C15H14N2O2S/c1-2-12-5-4-8-15(10-12)17-20(18,19)11-13-6-3-7-14(16)9-13/h1,3-10,17H,11,16H2. The summed E-state index contributed by atoms with van der Waals surface area (Å²) in [5.41, 5.74) is 7.86. The van der Waals surface area contributed by atoms with Crippen LogP contribution in [-0.4, -0.2) is 8.42 Å². The van der Waals surface area contributed by atoms with E-state index in [1.165, 1.54) is 0 Å². The molecule has 2 aromatic rings. The van der Waals surface area contributed by atoms with E-state index in [0.717, 1.165) is 0 Å². The fraction of sp³-hybridized carbons (Fsp3) is 0.0667. The Bertz CT molecular complexity index is 761. The number of nitrogens with one attached hydrogen (secondary N) is 1. The lowest BCUT2D eigenvalue weighted by Gasteiger charge is -2.08. The number of benzene rings is 2. The molecule has 0 aromatic heterocycles. The number of nitrogens with two attached hydrogens (primary N) is 1. The van der Waals surface area contributed by atoms with Crippen molar-refractivity contribution in [1.29, 1.82) is 0 Å². The molecule has 0 saturated carbocycles. The molecular formula is C15H14N2O2S. The predicted molar refractivity (Wildman–Crippen MR) is 81.5 cm³/mol. The van der Waals surface area contributed by atoms with Gasteiger partial charge in [0.25, 0.3) is 0 Å². The molecule has 4 nitrogen and oxygen atoms in total. The first-order valence-corrected chi connectivity index (χ1v) is 7.55. The number of sulfonamides is 1. The average Bonchev–Trinajstić information content (AvgIpc) is 2.37. The van der Waals surface area contributed by atoms with Crippen LogP contribution in [0.5, 0.6) is 0 Å². The highest BCUT2D eigenvalue weighted by Crippen LogP contribution is 2.15. The number of hydrogen-bond donors (Lipinski definition) is 2. The van der Waals surface area contributed by atoms with Crippen LogP contribution in [-0.2, 0) is 15.8 Å². The zero-order valence-electron chi connectivity index (χ0n) is 10.7. The quantitative estimate of drug-likeness (QED) is 0.668. The Morgan fingerprint density at radius 2 is 1.90 bits per heavy atom. The second kappa shape index (κ2) is 5.68. The normalized spacial score (nSPS) is 10.8. The molecule has 0 aliphatic heterocycles. The zero-order valence-corrected chi connectivity index (χ0v) is 11.5. The second-order valence-corrected chi connectivity index (χ2v) is 6.05. The molecule has 0 saturated heterocycles. The van der Waals surface area contributed by atoms with Crippen LogP contribution in [0, 0.1) is 12.3 Å². The van der Waals surface area contributed by atoms with Crippen molar-refractivity contribution in [3.63, 3.8) is 0 Å². The number of terminal acetylenes is 1. The molecule has 0 unspecified atom stereocenters. The summed E-state index contributed by atoms with van der Waals surface area (Å²) in [7, 11) is -3.50. The van der Waals surface area contributed by atoms with Gasteiger partial charge in [-0.2, -0.15) is 0 Å². The smallest absolute Gasteiger partial charge is 0.236 e. The molecule has 0 spiro atoms. The molecule has 0 fully saturated rings. The summed E-state index contributed by atoms with van der Waals surface area (Å²) >= 11 is 0. The third-order valence-electron chi connectivity index (χ3n) is 2.61. The molecule has 0 amide bonds. The first-order chi connectivity index (χ1) is 9.48. The monoisotopic (exact) mass is 286 g/mol. The van der Waals surface area contributed by atoms with Crippen molar-refractivity contribution >= 4 is 21.4 Å². The maximum absolute atomic E-state index is 12.1. The lowest BCUT2D eigenvalue weighted by molar-refractivity contribution is 0.600. The van der Waals surface area contributed by atoms with E-state index < -0.39 is 10.0 Å². The molecule has 0 heterocycles. The summed E-state index contributed by atoms with van der Waals surface area (Å²) in [6.45, 7) is 0. The second-order valence-electron chi connectivity index (χ2n) is 4.33. The molecule has 0 aliphatic rings. The van der Waals surface area contributed by atoms with Gasteiger partial charge in [-0.15, -0.1) is 6.42 Å². The van der Waals surface area contributed by atoms with Crippen LogP contribution in [0.1, 0.15) is 11.1 Å². The molecule has 0 aliphatic carbocycles. The van der Waals surface area contributed by atoms with E-state index in [2.05, 4.69) is 10.6 Å². The summed E-state index contributed by atoms with van der Waals surface area (Å²) in [6.07, 6.45) is 5.28. The van der Waals surface area contributed by atoms with Gasteiger partial charge in [-0.05, 0) is 35.9 Å². The molecule has 20 heavy (non-hydrogen) atoms. The van der Waals surface area contributed by atoms with Gasteiger partial charge in [-0.25, -0.2) is 8.42 Å². The topological polar surface area (TPSA) is 72.2 Å². The fourth-order valence-electron chi connectivity index (χ4n) is 1.79. The molecular weight excluding hydrogens is 272 g/mol. The number of nitrogen functional groups attached to an aromatic ring is 1. The van der Waals surface area contributed by atoms with Gasteiger partial charge in [-0.1, -0.05) is 24.1 Å². The van der Waals surface area contributed by atoms with Gasteiger partial charge in [0.05, 0.1) is 5.75 Å². The van der Waals surface area contributed by atoms with E-state index in [-0.39, 0.29) is 5.75 Å². The highest BCUT2D eigenvalue weighted by atomic mass is 32.2. The van der Waals surface area contributed by atoms with Gasteiger partial charge in [0.15, 0.2) is 0 Å². The Kier molecular flexibility index (Phi) is 3.97. The molecule has 0 radical (unpaired) electrons. The van der Waals surface area contributed by atoms with Gasteiger partial charge < -0.3 is 5.73 Å². The summed E-state index contributed by atoms with van der Waals surface area (Å²) in [5, 5.41) is 0. The van der Waals surface area contributed by atoms with Crippen LogP contribution in [0.4, 0.5) is 11.4 Å². The number of hydrogen-bond acceptors (Lipinski definition) is 3. The third-order valence-corrected chi connectivity index (χ3v) is 3.87. The SMILES string of the molecule is C#Cc1cccc(NS(=O)(=O)Cc2cccc(N)c2)c1. The van der Waals surface area contributed by atoms with Crippen molar-refractivity contribution in [3.8, 4) is 12.3 Å². The van der Waals surface area contributed by atoms with Crippen molar-refractivity contribution in [2.24, 2.45) is 0 Å². The maximum atomic E-state index is 12.1. The van der Waals surface area contributed by atoms with Crippen molar-refractivity contribution in [1.82, 2.24) is 0 Å². The van der Waals surface area contributed by atoms with Crippen LogP contribution in [0.2, 0.25) is 0 Å². The van der Waals surface area contributed by atoms with E-state index in [4.69, 9.17) is 12.2 Å². The zero-order chi connectivity index (χ0) is 14.6. The Balaban J connectivity index is 2.17. The Morgan fingerprint density at radius 1 is 1.15 bits per heavy atom. The molecule has 102 valence electrons. The van der Waals surface area contributed by atoms with E-state index >= 15 is 0 Å². The number of anilines is 2. The minimum Gasteiger partial charge on any atom is -0.399 e. The van der Waals surface area contributed by atoms with Gasteiger partial charge in [0.1, 0.15) is 0 Å². The van der Waals surface area contributed by atoms with Crippen molar-refractivity contribution < 1.29 is 8.42 Å². The average molecular weight is 286 g/mol. The number of rotatable bonds is 4. The summed E-state index contributed by atoms with van der Waals surface area (Å²) < 4.78 is 26.7. The van der Waals surface area contributed by atoms with Crippen molar-refractivity contribution in [2.75, 3.05) is 10.5 Å².